The first kappa shape index (κ1) is 17.1. The number of allylic oxidation sites excluding steroid dienone is 4. The Kier molecular flexibility index (Phi) is 7.33. The van der Waals surface area contributed by atoms with Gasteiger partial charge in [-0.3, -0.25) is 4.79 Å². The molecule has 0 atom stereocenters. The first-order chi connectivity index (χ1) is 10.1. The third-order valence-corrected chi connectivity index (χ3v) is 2.94. The highest BCUT2D eigenvalue weighted by Crippen LogP contribution is 2.15. The Morgan fingerprint density at radius 3 is 2.48 bits per heavy atom. The minimum Gasteiger partial charge on any atom is -0.497 e. The molecule has 0 fully saturated rings. The number of hydrogen-bond donors (Lipinski definition) is 0. The Balaban J connectivity index is 2.60. The molecule has 0 saturated carbocycles. The molecule has 0 bridgehead atoms. The summed E-state index contributed by atoms with van der Waals surface area (Å²) in [5.74, 6) is 1.21. The molecule has 3 nitrogen and oxygen atoms in total. The summed E-state index contributed by atoms with van der Waals surface area (Å²) in [6, 6.07) is 6.89. The molecule has 1 rings (SSSR count). The quantitative estimate of drug-likeness (QED) is 0.427. The number of ketones is 1. The summed E-state index contributed by atoms with van der Waals surface area (Å²) in [6.45, 7) is 3.63. The molecule has 4 heteroatoms. The van der Waals surface area contributed by atoms with E-state index in [4.69, 9.17) is 21.1 Å². The van der Waals surface area contributed by atoms with Crippen molar-refractivity contribution in [2.45, 2.75) is 13.8 Å². The van der Waals surface area contributed by atoms with Gasteiger partial charge in [-0.05, 0) is 55.8 Å². The molecule has 0 heterocycles. The van der Waals surface area contributed by atoms with Crippen molar-refractivity contribution in [1.82, 2.24) is 0 Å². The van der Waals surface area contributed by atoms with Gasteiger partial charge in [-0.15, -0.1) is 0 Å². The first-order valence-electron chi connectivity index (χ1n) is 6.53. The van der Waals surface area contributed by atoms with Crippen molar-refractivity contribution in [3.8, 4) is 5.75 Å². The first-order valence-corrected chi connectivity index (χ1v) is 6.91. The lowest BCUT2D eigenvalue weighted by Crippen LogP contribution is -2.12. The Morgan fingerprint density at radius 1 is 1.24 bits per heavy atom. The zero-order valence-corrected chi connectivity index (χ0v) is 13.2. The van der Waals surface area contributed by atoms with Crippen LogP contribution in [0.25, 0.3) is 0 Å². The zero-order chi connectivity index (χ0) is 15.7. The number of Topliss-reactive ketones (excluding diaryl/α,β-unsaturated/α-hetero) is 1. The predicted octanol–water partition coefficient (Wildman–Crippen LogP) is 4.34. The largest absolute Gasteiger partial charge is 0.497 e. The van der Waals surface area contributed by atoms with Crippen molar-refractivity contribution >= 4 is 17.4 Å². The molecule has 0 aliphatic rings. The van der Waals surface area contributed by atoms with Gasteiger partial charge in [0.2, 0.25) is 0 Å². The van der Waals surface area contributed by atoms with Crippen LogP contribution in [0.3, 0.4) is 0 Å². The van der Waals surface area contributed by atoms with Crippen LogP contribution in [0, 0.1) is 0 Å². The zero-order valence-electron chi connectivity index (χ0n) is 12.4. The van der Waals surface area contributed by atoms with E-state index >= 15 is 0 Å². The highest BCUT2D eigenvalue weighted by atomic mass is 35.5. The fourth-order valence-electron chi connectivity index (χ4n) is 1.45. The van der Waals surface area contributed by atoms with Crippen LogP contribution in [0.4, 0.5) is 0 Å². The maximum Gasteiger partial charge on any atom is 0.195 e. The molecule has 0 radical (unpaired) electrons. The second-order valence-corrected chi connectivity index (χ2v) is 4.73. The Bertz CT molecular complexity index is 554. The fraction of sp³-hybridized carbons (Fsp3) is 0.235. The van der Waals surface area contributed by atoms with E-state index in [-0.39, 0.29) is 12.4 Å². The summed E-state index contributed by atoms with van der Waals surface area (Å²) >= 11 is 5.78. The predicted molar refractivity (Wildman–Crippen MR) is 85.6 cm³/mol. The average molecular weight is 307 g/mol. The van der Waals surface area contributed by atoms with Gasteiger partial charge in [0.25, 0.3) is 0 Å². The number of benzene rings is 1. The van der Waals surface area contributed by atoms with Crippen molar-refractivity contribution in [2.24, 2.45) is 0 Å². The van der Waals surface area contributed by atoms with E-state index in [9.17, 15) is 4.79 Å². The highest BCUT2D eigenvalue weighted by Gasteiger charge is 2.05. The Hall–Kier alpha value is -2.00. The van der Waals surface area contributed by atoms with Gasteiger partial charge >= 0.3 is 0 Å². The van der Waals surface area contributed by atoms with Crippen LogP contribution in [0.1, 0.15) is 13.8 Å². The number of halogens is 1. The van der Waals surface area contributed by atoms with Gasteiger partial charge < -0.3 is 9.47 Å². The molecule has 1 aromatic rings. The molecule has 0 aliphatic heterocycles. The smallest absolute Gasteiger partial charge is 0.195 e. The molecule has 0 aliphatic carbocycles. The maximum absolute atomic E-state index is 11.9. The number of rotatable bonds is 7. The molecule has 0 saturated heterocycles. The topological polar surface area (TPSA) is 35.5 Å². The molecule has 112 valence electrons. The summed E-state index contributed by atoms with van der Waals surface area (Å²) in [5.41, 5.74) is 0.600. The standard InChI is InChI=1S/C17H19ClO3/c1-4-5-15(20-3)9-6-13(2)17(19)12-21-16-10-7-14(18)8-11-16/h4-11H,12H2,1-3H3/b5-4-,13-6+,15-9+. The molecule has 0 spiro atoms. The molecule has 0 N–H and O–H groups in total. The third kappa shape index (κ3) is 6.32. The molecule has 1 aromatic carbocycles. The lowest BCUT2D eigenvalue weighted by molar-refractivity contribution is -0.117. The molecular weight excluding hydrogens is 288 g/mol. The SMILES string of the molecule is C\C=C/C(=C\C=C(/C)C(=O)COc1ccc(Cl)cc1)OC. The van der Waals surface area contributed by atoms with E-state index in [1.807, 2.05) is 19.1 Å². The third-order valence-electron chi connectivity index (χ3n) is 2.69. The number of carbonyl (C=O) groups is 1. The Morgan fingerprint density at radius 2 is 1.90 bits per heavy atom. The van der Waals surface area contributed by atoms with Crippen LogP contribution in [0.15, 0.2) is 59.9 Å². The average Bonchev–Trinajstić information content (AvgIpc) is 2.50. The van der Waals surface area contributed by atoms with Crippen molar-refractivity contribution in [1.29, 1.82) is 0 Å². The van der Waals surface area contributed by atoms with E-state index in [0.29, 0.717) is 22.1 Å². The second kappa shape index (κ2) is 9.03. The Labute approximate surface area is 130 Å². The summed E-state index contributed by atoms with van der Waals surface area (Å²) < 4.78 is 10.5. The van der Waals surface area contributed by atoms with E-state index in [1.165, 1.54) is 0 Å². The second-order valence-electron chi connectivity index (χ2n) is 4.29. The van der Waals surface area contributed by atoms with Gasteiger partial charge in [-0.2, -0.15) is 0 Å². The highest BCUT2D eigenvalue weighted by molar-refractivity contribution is 6.30. The fourth-order valence-corrected chi connectivity index (χ4v) is 1.58. The van der Waals surface area contributed by atoms with Gasteiger partial charge in [0.05, 0.1) is 7.11 Å². The molecular formula is C17H19ClO3. The lowest BCUT2D eigenvalue weighted by Gasteiger charge is -2.05. The van der Waals surface area contributed by atoms with E-state index < -0.39 is 0 Å². The van der Waals surface area contributed by atoms with Crippen LogP contribution < -0.4 is 4.74 Å². The van der Waals surface area contributed by atoms with Gasteiger partial charge in [0, 0.05) is 5.02 Å². The van der Waals surface area contributed by atoms with Gasteiger partial charge in [-0.1, -0.05) is 23.8 Å². The van der Waals surface area contributed by atoms with Crippen molar-refractivity contribution in [2.75, 3.05) is 13.7 Å². The van der Waals surface area contributed by atoms with E-state index in [1.54, 1.807) is 50.5 Å². The van der Waals surface area contributed by atoms with Crippen LogP contribution in [0.2, 0.25) is 5.02 Å². The number of hydrogen-bond acceptors (Lipinski definition) is 3. The van der Waals surface area contributed by atoms with Crippen molar-refractivity contribution < 1.29 is 14.3 Å². The van der Waals surface area contributed by atoms with E-state index in [2.05, 4.69) is 0 Å². The van der Waals surface area contributed by atoms with Crippen LogP contribution in [-0.4, -0.2) is 19.5 Å². The minimum absolute atomic E-state index is 0.0102. The minimum atomic E-state index is -0.0860. The summed E-state index contributed by atoms with van der Waals surface area (Å²) in [6.07, 6.45) is 7.14. The van der Waals surface area contributed by atoms with Gasteiger partial charge in [0.1, 0.15) is 11.5 Å². The van der Waals surface area contributed by atoms with Crippen LogP contribution in [-0.2, 0) is 9.53 Å². The number of carbonyl (C=O) groups excluding carboxylic acids is 1. The normalized spacial score (nSPS) is 12.6. The summed E-state index contributed by atoms with van der Waals surface area (Å²) in [5, 5.41) is 0.631. The monoisotopic (exact) mass is 306 g/mol. The van der Waals surface area contributed by atoms with Crippen LogP contribution >= 0.6 is 11.6 Å². The van der Waals surface area contributed by atoms with E-state index in [0.717, 1.165) is 0 Å². The summed E-state index contributed by atoms with van der Waals surface area (Å²) in [4.78, 5) is 11.9. The number of methoxy groups -OCH3 is 1. The van der Waals surface area contributed by atoms with Crippen molar-refractivity contribution in [3.63, 3.8) is 0 Å². The maximum atomic E-state index is 11.9. The molecule has 0 aromatic heterocycles. The molecule has 0 amide bonds. The molecule has 0 unspecified atom stereocenters. The van der Waals surface area contributed by atoms with Gasteiger partial charge in [-0.25, -0.2) is 0 Å². The van der Waals surface area contributed by atoms with Crippen molar-refractivity contribution in [3.05, 3.63) is 64.9 Å². The summed E-state index contributed by atoms with van der Waals surface area (Å²) in [7, 11) is 1.58. The van der Waals surface area contributed by atoms with Crippen LogP contribution in [0.5, 0.6) is 5.75 Å². The van der Waals surface area contributed by atoms with Gasteiger partial charge in [0.15, 0.2) is 12.4 Å². The number of ether oxygens (including phenoxy) is 2. The molecule has 21 heavy (non-hydrogen) atoms. The lowest BCUT2D eigenvalue weighted by atomic mass is 10.2.